The minimum atomic E-state index is 0.705. The molecule has 0 spiro atoms. The van der Waals surface area contributed by atoms with Crippen LogP contribution in [0, 0.1) is 6.92 Å². The number of hydrogen-bond donors (Lipinski definition) is 0. The maximum absolute atomic E-state index is 10.8. The van der Waals surface area contributed by atoms with Crippen LogP contribution in [-0.2, 0) is 0 Å². The van der Waals surface area contributed by atoms with Gasteiger partial charge in [0.25, 0.3) is 0 Å². The van der Waals surface area contributed by atoms with Gasteiger partial charge in [-0.1, -0.05) is 72.8 Å². The molecule has 0 bridgehead atoms. The third kappa shape index (κ3) is 3.12. The number of hydrogen-bond acceptors (Lipinski definition) is 2. The smallest absolute Gasteiger partial charge is 0.150 e. The standard InChI is InChI=1S/C24H18OS/c1-17-21(19-6-3-2-4-7-19)8-5-9-22(17)24-15-14-23(26-24)20-12-10-18(16-25)11-13-20/h2-16H,1H3. The molecule has 1 nitrogen and oxygen atoms in total. The fourth-order valence-electron chi connectivity index (χ4n) is 3.20. The lowest BCUT2D eigenvalue weighted by atomic mass is 9.96. The molecule has 1 heterocycles. The maximum Gasteiger partial charge on any atom is 0.150 e. The second-order valence-corrected chi connectivity index (χ2v) is 7.33. The summed E-state index contributed by atoms with van der Waals surface area (Å²) in [6, 6.07) is 29.1. The van der Waals surface area contributed by atoms with Crippen LogP contribution in [0.25, 0.3) is 32.0 Å². The third-order valence-corrected chi connectivity index (χ3v) is 5.79. The van der Waals surface area contributed by atoms with E-state index in [1.165, 1.54) is 32.0 Å². The number of thiophene rings is 1. The minimum Gasteiger partial charge on any atom is -0.298 e. The summed E-state index contributed by atoms with van der Waals surface area (Å²) in [5.74, 6) is 0. The first-order chi connectivity index (χ1) is 12.8. The Labute approximate surface area is 157 Å². The molecule has 2 heteroatoms. The van der Waals surface area contributed by atoms with E-state index >= 15 is 0 Å². The summed E-state index contributed by atoms with van der Waals surface area (Å²) in [5, 5.41) is 0. The molecule has 0 radical (unpaired) electrons. The summed E-state index contributed by atoms with van der Waals surface area (Å²) < 4.78 is 0. The van der Waals surface area contributed by atoms with Gasteiger partial charge in [0.1, 0.15) is 6.29 Å². The summed E-state index contributed by atoms with van der Waals surface area (Å²) >= 11 is 1.78. The molecule has 26 heavy (non-hydrogen) atoms. The van der Waals surface area contributed by atoms with Crippen molar-refractivity contribution in [3.63, 3.8) is 0 Å². The Morgan fingerprint density at radius 1 is 0.654 bits per heavy atom. The highest BCUT2D eigenvalue weighted by Gasteiger charge is 2.11. The Morgan fingerprint density at radius 2 is 1.35 bits per heavy atom. The lowest BCUT2D eigenvalue weighted by molar-refractivity contribution is 0.112. The van der Waals surface area contributed by atoms with E-state index < -0.39 is 0 Å². The zero-order chi connectivity index (χ0) is 17.9. The van der Waals surface area contributed by atoms with E-state index in [0.29, 0.717) is 5.56 Å². The first-order valence-electron chi connectivity index (χ1n) is 8.57. The van der Waals surface area contributed by atoms with Crippen LogP contribution < -0.4 is 0 Å². The molecule has 0 aliphatic heterocycles. The number of carbonyl (C=O) groups excluding carboxylic acids is 1. The Balaban J connectivity index is 1.73. The highest BCUT2D eigenvalue weighted by molar-refractivity contribution is 7.18. The highest BCUT2D eigenvalue weighted by atomic mass is 32.1. The maximum atomic E-state index is 10.8. The Kier molecular flexibility index (Phi) is 4.51. The fourth-order valence-corrected chi connectivity index (χ4v) is 4.29. The third-order valence-electron chi connectivity index (χ3n) is 4.62. The fraction of sp³-hybridized carbons (Fsp3) is 0.0417. The molecule has 0 amide bonds. The van der Waals surface area contributed by atoms with Gasteiger partial charge in [-0.05, 0) is 46.9 Å². The van der Waals surface area contributed by atoms with Gasteiger partial charge >= 0.3 is 0 Å². The first-order valence-corrected chi connectivity index (χ1v) is 9.39. The van der Waals surface area contributed by atoms with Gasteiger partial charge in [0.15, 0.2) is 0 Å². The van der Waals surface area contributed by atoms with Crippen molar-refractivity contribution in [1.29, 1.82) is 0 Å². The normalized spacial score (nSPS) is 10.7. The Morgan fingerprint density at radius 3 is 2.08 bits per heavy atom. The molecule has 0 fully saturated rings. The first kappa shape index (κ1) is 16.5. The molecule has 0 saturated heterocycles. The van der Waals surface area contributed by atoms with Crippen LogP contribution in [0.2, 0.25) is 0 Å². The van der Waals surface area contributed by atoms with Crippen molar-refractivity contribution < 1.29 is 4.79 Å². The van der Waals surface area contributed by atoms with E-state index in [0.717, 1.165) is 11.8 Å². The van der Waals surface area contributed by atoms with Crippen molar-refractivity contribution >= 4 is 17.6 Å². The molecule has 0 atom stereocenters. The van der Waals surface area contributed by atoms with E-state index in [2.05, 4.69) is 61.5 Å². The van der Waals surface area contributed by atoms with Crippen molar-refractivity contribution in [3.05, 3.63) is 96.1 Å². The zero-order valence-electron chi connectivity index (χ0n) is 14.5. The number of benzene rings is 3. The topological polar surface area (TPSA) is 17.1 Å². The van der Waals surface area contributed by atoms with Crippen molar-refractivity contribution in [2.45, 2.75) is 6.92 Å². The average molecular weight is 354 g/mol. The molecule has 0 aliphatic carbocycles. The molecule has 4 rings (SSSR count). The van der Waals surface area contributed by atoms with Crippen molar-refractivity contribution in [2.24, 2.45) is 0 Å². The summed E-state index contributed by atoms with van der Waals surface area (Å²) in [6.45, 7) is 2.19. The lowest BCUT2D eigenvalue weighted by Gasteiger charge is -2.10. The SMILES string of the molecule is Cc1c(-c2ccccc2)cccc1-c1ccc(-c2ccc(C=O)cc2)s1. The molecular weight excluding hydrogens is 336 g/mol. The van der Waals surface area contributed by atoms with Gasteiger partial charge in [-0.15, -0.1) is 11.3 Å². The summed E-state index contributed by atoms with van der Waals surface area (Å²) in [6.07, 6.45) is 0.877. The van der Waals surface area contributed by atoms with Gasteiger partial charge in [-0.2, -0.15) is 0 Å². The van der Waals surface area contributed by atoms with Gasteiger partial charge in [0.05, 0.1) is 0 Å². The summed E-state index contributed by atoms with van der Waals surface area (Å²) in [5.41, 5.74) is 6.93. The molecule has 0 N–H and O–H groups in total. The number of rotatable bonds is 4. The van der Waals surface area contributed by atoms with Crippen LogP contribution >= 0.6 is 11.3 Å². The van der Waals surface area contributed by atoms with Gasteiger partial charge in [0.2, 0.25) is 0 Å². The van der Waals surface area contributed by atoms with Crippen LogP contribution in [0.1, 0.15) is 15.9 Å². The molecule has 1 aromatic heterocycles. The molecule has 4 aromatic rings. The Hall–Kier alpha value is -2.97. The van der Waals surface area contributed by atoms with E-state index in [-0.39, 0.29) is 0 Å². The van der Waals surface area contributed by atoms with Crippen LogP contribution in [-0.4, -0.2) is 6.29 Å². The number of aldehydes is 1. The van der Waals surface area contributed by atoms with Crippen LogP contribution in [0.3, 0.4) is 0 Å². The minimum absolute atomic E-state index is 0.705. The molecule has 3 aromatic carbocycles. The van der Waals surface area contributed by atoms with E-state index in [1.807, 2.05) is 30.3 Å². The van der Waals surface area contributed by atoms with Crippen LogP contribution in [0.15, 0.2) is 84.9 Å². The average Bonchev–Trinajstić information content (AvgIpc) is 3.19. The zero-order valence-corrected chi connectivity index (χ0v) is 15.3. The van der Waals surface area contributed by atoms with Gasteiger partial charge in [0, 0.05) is 15.3 Å². The van der Waals surface area contributed by atoms with E-state index in [4.69, 9.17) is 0 Å². The molecular formula is C24H18OS. The van der Waals surface area contributed by atoms with E-state index in [1.54, 1.807) is 11.3 Å². The van der Waals surface area contributed by atoms with Crippen LogP contribution in [0.5, 0.6) is 0 Å². The molecule has 0 saturated carbocycles. The van der Waals surface area contributed by atoms with Crippen LogP contribution in [0.4, 0.5) is 0 Å². The molecule has 0 aliphatic rings. The van der Waals surface area contributed by atoms with Gasteiger partial charge < -0.3 is 0 Å². The second kappa shape index (κ2) is 7.11. The van der Waals surface area contributed by atoms with Gasteiger partial charge in [-0.3, -0.25) is 4.79 Å². The van der Waals surface area contributed by atoms with Crippen molar-refractivity contribution in [3.8, 4) is 32.0 Å². The largest absolute Gasteiger partial charge is 0.298 e. The Bertz CT molecular complexity index is 1040. The van der Waals surface area contributed by atoms with E-state index in [9.17, 15) is 4.79 Å². The summed E-state index contributed by atoms with van der Waals surface area (Å²) in [4.78, 5) is 13.3. The van der Waals surface area contributed by atoms with Crippen molar-refractivity contribution in [2.75, 3.05) is 0 Å². The molecule has 0 unspecified atom stereocenters. The van der Waals surface area contributed by atoms with Crippen molar-refractivity contribution in [1.82, 2.24) is 0 Å². The number of carbonyl (C=O) groups is 1. The molecule has 126 valence electrons. The predicted octanol–water partition coefficient (Wildman–Crippen LogP) is 6.87. The van der Waals surface area contributed by atoms with Gasteiger partial charge in [-0.25, -0.2) is 0 Å². The second-order valence-electron chi connectivity index (χ2n) is 6.25. The predicted molar refractivity (Wildman–Crippen MR) is 111 cm³/mol. The highest BCUT2D eigenvalue weighted by Crippen LogP contribution is 2.38. The quantitative estimate of drug-likeness (QED) is 0.365. The lowest BCUT2D eigenvalue weighted by Crippen LogP contribution is -1.86. The summed E-state index contributed by atoms with van der Waals surface area (Å²) in [7, 11) is 0. The monoisotopic (exact) mass is 354 g/mol.